The van der Waals surface area contributed by atoms with E-state index in [1.165, 1.54) is 0 Å². The summed E-state index contributed by atoms with van der Waals surface area (Å²) in [5.41, 5.74) is 0. The van der Waals surface area contributed by atoms with Crippen LogP contribution in [0.4, 0.5) is 13.2 Å². The Balaban J connectivity index is 2.18. The summed E-state index contributed by atoms with van der Waals surface area (Å²) < 4.78 is 65.4. The third-order valence-electron chi connectivity index (χ3n) is 4.59. The lowest BCUT2D eigenvalue weighted by Crippen LogP contribution is -2.45. The van der Waals surface area contributed by atoms with Crippen molar-refractivity contribution in [2.24, 2.45) is 5.92 Å². The van der Waals surface area contributed by atoms with E-state index in [0.717, 1.165) is 44.9 Å². The van der Waals surface area contributed by atoms with Crippen LogP contribution in [0.5, 0.6) is 0 Å². The molecule has 0 amide bonds. The van der Waals surface area contributed by atoms with Gasteiger partial charge >= 0.3 is 15.5 Å². The lowest BCUT2D eigenvalue weighted by molar-refractivity contribution is -0.270. The van der Waals surface area contributed by atoms with Crippen LogP contribution in [0.3, 0.4) is 0 Å². The van der Waals surface area contributed by atoms with Crippen LogP contribution < -0.4 is 0 Å². The first kappa shape index (κ1) is 19.3. The van der Waals surface area contributed by atoms with Crippen molar-refractivity contribution in [3.63, 3.8) is 0 Å². The lowest BCUT2D eigenvalue weighted by Gasteiger charge is -2.29. The quantitative estimate of drug-likeness (QED) is 0.590. The van der Waals surface area contributed by atoms with Crippen molar-refractivity contribution in [2.75, 3.05) is 5.75 Å². The predicted molar refractivity (Wildman–Crippen MR) is 83.1 cm³/mol. The normalized spacial score (nSPS) is 29.4. The molecule has 0 heterocycles. The molecule has 4 nitrogen and oxygen atoms in total. The summed E-state index contributed by atoms with van der Waals surface area (Å²) in [5.74, 6) is 0.285. The molecule has 136 valence electrons. The highest BCUT2D eigenvalue weighted by molar-refractivity contribution is 8.67. The zero-order valence-corrected chi connectivity index (χ0v) is 14.6. The maximum atomic E-state index is 12.5. The Bertz CT molecular complexity index is 475. The Kier molecular flexibility index (Phi) is 6.66. The number of rotatable bonds is 5. The van der Waals surface area contributed by atoms with E-state index in [0.29, 0.717) is 12.8 Å². The van der Waals surface area contributed by atoms with Gasteiger partial charge in [-0.15, -0.1) is 25.8 Å². The minimum absolute atomic E-state index is 0.104. The lowest BCUT2D eigenvalue weighted by atomic mass is 9.91. The molecule has 3 unspecified atom stereocenters. The zero-order chi connectivity index (χ0) is 17.1. The highest BCUT2D eigenvalue weighted by Gasteiger charge is 2.54. The van der Waals surface area contributed by atoms with E-state index in [2.05, 4.69) is 4.18 Å². The molecule has 0 bridgehead atoms. The van der Waals surface area contributed by atoms with Gasteiger partial charge in [0, 0.05) is 5.92 Å². The fourth-order valence-corrected chi connectivity index (χ4v) is 9.39. The molecule has 0 saturated heterocycles. The number of aliphatic hydroxyl groups excluding tert-OH is 1. The van der Waals surface area contributed by atoms with E-state index in [1.54, 1.807) is 0 Å². The van der Waals surface area contributed by atoms with Gasteiger partial charge in [0.1, 0.15) is 21.8 Å². The summed E-state index contributed by atoms with van der Waals surface area (Å²) in [5, 5.41) is 9.50. The van der Waals surface area contributed by atoms with Crippen molar-refractivity contribution in [1.29, 1.82) is 0 Å². The zero-order valence-electron chi connectivity index (χ0n) is 12.9. The highest BCUT2D eigenvalue weighted by atomic mass is 33.2. The number of alkyl halides is 3. The van der Waals surface area contributed by atoms with E-state index in [4.69, 9.17) is 0 Å². The molecule has 23 heavy (non-hydrogen) atoms. The van der Waals surface area contributed by atoms with Gasteiger partial charge in [0.2, 0.25) is 0 Å². The molecule has 0 spiro atoms. The summed E-state index contributed by atoms with van der Waals surface area (Å²) in [4.78, 5) is 0. The molecule has 2 aliphatic rings. The van der Waals surface area contributed by atoms with Crippen molar-refractivity contribution in [1.82, 2.24) is 0 Å². The molecule has 0 aromatic heterocycles. The van der Waals surface area contributed by atoms with Crippen LogP contribution in [-0.2, 0) is 23.3 Å². The Hall–Kier alpha value is 0.01000. The van der Waals surface area contributed by atoms with Gasteiger partial charge in [0.25, 0.3) is 0 Å². The van der Waals surface area contributed by atoms with E-state index in [9.17, 15) is 26.7 Å². The summed E-state index contributed by atoms with van der Waals surface area (Å²) in [7, 11) is -6.38. The van der Waals surface area contributed by atoms with E-state index in [1.807, 2.05) is 0 Å². The fraction of sp³-hybridized carbons (Fsp3) is 1.00. The van der Waals surface area contributed by atoms with Crippen LogP contribution in [0.2, 0.25) is 0 Å². The van der Waals surface area contributed by atoms with E-state index < -0.39 is 36.8 Å². The molecule has 0 radical (unpaired) electrons. The first-order valence-corrected chi connectivity index (χ1v) is 11.5. The number of hydrogen-bond donors (Lipinski definition) is 1. The molecular weight excluding hydrogens is 353 g/mol. The Labute approximate surface area is 137 Å². The van der Waals surface area contributed by atoms with Crippen LogP contribution in [0.15, 0.2) is 0 Å². The van der Waals surface area contributed by atoms with Crippen molar-refractivity contribution in [2.45, 2.75) is 75.5 Å². The third-order valence-corrected chi connectivity index (χ3v) is 10.5. The largest absolute Gasteiger partial charge is 0.540 e. The average molecular weight is 377 g/mol. The van der Waals surface area contributed by atoms with Gasteiger partial charge in [-0.1, -0.05) is 25.7 Å². The molecular formula is C14H24F3O4S2+. The summed E-state index contributed by atoms with van der Waals surface area (Å²) in [6.07, 6.45) is 1.06. The Morgan fingerprint density at radius 3 is 2.13 bits per heavy atom. The summed E-state index contributed by atoms with van der Waals surface area (Å²) in [6, 6.07) is 0. The monoisotopic (exact) mass is 377 g/mol. The minimum atomic E-state index is -5.21. The molecule has 2 aliphatic carbocycles. The van der Waals surface area contributed by atoms with Gasteiger partial charge < -0.3 is 5.11 Å². The number of aliphatic hydroxyl groups is 1. The third kappa shape index (κ3) is 5.79. The van der Waals surface area contributed by atoms with Crippen molar-refractivity contribution >= 4 is 19.1 Å². The first-order valence-electron chi connectivity index (χ1n) is 8.09. The van der Waals surface area contributed by atoms with Crippen molar-refractivity contribution in [3.8, 4) is 0 Å². The summed E-state index contributed by atoms with van der Waals surface area (Å²) in [6.45, 7) is 0. The number of halogens is 3. The van der Waals surface area contributed by atoms with Crippen LogP contribution in [0, 0.1) is 5.92 Å². The van der Waals surface area contributed by atoms with Crippen LogP contribution in [-0.4, -0.2) is 37.0 Å². The molecule has 2 rings (SSSR count). The standard InChI is InChI=1S/C14H24F3O4S2/c15-14(16,17)21-23(19,20)22(10-11-6-2-1-3-7-11)13-9-5-4-8-12(13)18/h11-13,18H,1-10H2/q+1. The van der Waals surface area contributed by atoms with Crippen molar-refractivity contribution < 1.29 is 30.9 Å². The SMILES string of the molecule is O=S(=O)(OC(F)(F)F)[S+](CC1CCCCC1)C1CCCCC1O. The topological polar surface area (TPSA) is 63.6 Å². The Morgan fingerprint density at radius 2 is 1.57 bits per heavy atom. The smallest absolute Gasteiger partial charge is 0.388 e. The van der Waals surface area contributed by atoms with Crippen LogP contribution in [0.1, 0.15) is 57.8 Å². The van der Waals surface area contributed by atoms with Crippen molar-refractivity contribution in [3.05, 3.63) is 0 Å². The molecule has 0 aromatic carbocycles. The second-order valence-corrected chi connectivity index (χ2v) is 11.6. The number of hydrogen-bond acceptors (Lipinski definition) is 4. The molecule has 9 heteroatoms. The van der Waals surface area contributed by atoms with Gasteiger partial charge in [-0.2, -0.15) is 0 Å². The van der Waals surface area contributed by atoms with Gasteiger partial charge in [-0.25, -0.2) is 0 Å². The summed E-state index contributed by atoms with van der Waals surface area (Å²) >= 11 is 0. The molecule has 2 fully saturated rings. The van der Waals surface area contributed by atoms with Crippen LogP contribution >= 0.6 is 0 Å². The van der Waals surface area contributed by atoms with E-state index >= 15 is 0 Å². The van der Waals surface area contributed by atoms with Gasteiger partial charge in [-0.3, -0.25) is 0 Å². The molecule has 0 aliphatic heterocycles. The molecule has 1 N–H and O–H groups in total. The first-order chi connectivity index (χ1) is 10.7. The van der Waals surface area contributed by atoms with Gasteiger partial charge in [0.15, 0.2) is 5.25 Å². The molecule has 0 aromatic rings. The average Bonchev–Trinajstić information content (AvgIpc) is 2.44. The maximum Gasteiger partial charge on any atom is 0.540 e. The fourth-order valence-electron chi connectivity index (χ4n) is 3.49. The van der Waals surface area contributed by atoms with E-state index in [-0.39, 0.29) is 11.7 Å². The minimum Gasteiger partial charge on any atom is -0.388 e. The molecule has 2 saturated carbocycles. The Morgan fingerprint density at radius 1 is 1.00 bits per heavy atom. The molecule has 3 atom stereocenters. The van der Waals surface area contributed by atoms with Gasteiger partial charge in [-0.05, 0) is 32.1 Å². The second kappa shape index (κ2) is 7.93. The van der Waals surface area contributed by atoms with Crippen LogP contribution in [0.25, 0.3) is 0 Å². The highest BCUT2D eigenvalue weighted by Crippen LogP contribution is 2.36. The van der Waals surface area contributed by atoms with Gasteiger partial charge in [0.05, 0.1) is 0 Å². The second-order valence-electron chi connectivity index (χ2n) is 6.38. The maximum absolute atomic E-state index is 12.5. The predicted octanol–water partition coefficient (Wildman–Crippen LogP) is 3.27.